The maximum Gasteiger partial charge on any atom is 0.416 e. The normalized spacial score (nSPS) is 11.8. The van der Waals surface area contributed by atoms with E-state index in [0.29, 0.717) is 11.4 Å². The van der Waals surface area contributed by atoms with Gasteiger partial charge < -0.3 is 5.32 Å². The topological polar surface area (TPSA) is 37.8 Å². The number of rotatable bonds is 3. The lowest BCUT2D eigenvalue weighted by molar-refractivity contribution is -0.137. The zero-order valence-corrected chi connectivity index (χ0v) is 12.1. The van der Waals surface area contributed by atoms with Crippen LogP contribution in [-0.2, 0) is 6.18 Å². The molecule has 0 bridgehead atoms. The third-order valence-electron chi connectivity index (χ3n) is 2.60. The Hall–Kier alpha value is -1.82. The van der Waals surface area contributed by atoms with Crippen LogP contribution in [-0.4, -0.2) is 16.0 Å². The molecule has 7 heteroatoms. The van der Waals surface area contributed by atoms with Gasteiger partial charge in [-0.3, -0.25) is 0 Å². The first-order valence-corrected chi connectivity index (χ1v) is 6.62. The first-order chi connectivity index (χ1) is 9.75. The fourth-order valence-corrected chi connectivity index (χ4v) is 1.91. The molecule has 1 aromatic heterocycles. The smallest absolute Gasteiger partial charge is 0.368 e. The zero-order valence-electron chi connectivity index (χ0n) is 11.4. The number of hydrogen-bond acceptors (Lipinski definition) is 3. The Morgan fingerprint density at radius 3 is 2.24 bits per heavy atom. The summed E-state index contributed by atoms with van der Waals surface area (Å²) in [5, 5.41) is 3.30. The summed E-state index contributed by atoms with van der Waals surface area (Å²) in [6.45, 7) is 3.88. The number of alkyl halides is 3. The highest BCUT2D eigenvalue weighted by atomic mass is 35.5. The standard InChI is InChI=1S/C14H13ClF3N3/c1-8(2)19-12-7-11(15)20-13(21-12)9-3-5-10(6-4-9)14(16,17)18/h3-8H,1-2H3,(H,19,20,21). The third kappa shape index (κ3) is 4.07. The summed E-state index contributed by atoms with van der Waals surface area (Å²) in [6, 6.07) is 6.36. The highest BCUT2D eigenvalue weighted by Crippen LogP contribution is 2.30. The highest BCUT2D eigenvalue weighted by Gasteiger charge is 2.30. The van der Waals surface area contributed by atoms with Gasteiger partial charge in [0.25, 0.3) is 0 Å². The van der Waals surface area contributed by atoms with Crippen LogP contribution in [0.3, 0.4) is 0 Å². The molecule has 0 amide bonds. The van der Waals surface area contributed by atoms with Crippen molar-refractivity contribution in [2.75, 3.05) is 5.32 Å². The summed E-state index contributed by atoms with van der Waals surface area (Å²) in [4.78, 5) is 8.28. The molecule has 112 valence electrons. The summed E-state index contributed by atoms with van der Waals surface area (Å²) in [5.74, 6) is 0.805. The van der Waals surface area contributed by atoms with Crippen LogP contribution in [0.1, 0.15) is 19.4 Å². The molecule has 0 saturated heterocycles. The quantitative estimate of drug-likeness (QED) is 0.839. The van der Waals surface area contributed by atoms with E-state index in [1.54, 1.807) is 6.07 Å². The monoisotopic (exact) mass is 315 g/mol. The van der Waals surface area contributed by atoms with Gasteiger partial charge >= 0.3 is 6.18 Å². The molecule has 21 heavy (non-hydrogen) atoms. The molecule has 0 fully saturated rings. The van der Waals surface area contributed by atoms with Crippen molar-refractivity contribution < 1.29 is 13.2 Å². The molecule has 0 atom stereocenters. The first kappa shape index (κ1) is 15.6. The van der Waals surface area contributed by atoms with Crippen LogP contribution in [0.5, 0.6) is 0 Å². The number of halogens is 4. The second-order valence-corrected chi connectivity index (χ2v) is 5.16. The van der Waals surface area contributed by atoms with Gasteiger partial charge in [0, 0.05) is 17.7 Å². The van der Waals surface area contributed by atoms with E-state index in [4.69, 9.17) is 11.6 Å². The minimum absolute atomic E-state index is 0.149. The summed E-state index contributed by atoms with van der Waals surface area (Å²) < 4.78 is 37.6. The molecule has 0 aliphatic heterocycles. The Kier molecular flexibility index (Phi) is 4.37. The van der Waals surface area contributed by atoms with Crippen molar-refractivity contribution in [2.45, 2.75) is 26.1 Å². The van der Waals surface area contributed by atoms with E-state index in [0.717, 1.165) is 12.1 Å². The molecule has 2 rings (SSSR count). The lowest BCUT2D eigenvalue weighted by atomic mass is 10.1. The van der Waals surface area contributed by atoms with Gasteiger partial charge in [-0.15, -0.1) is 0 Å². The Morgan fingerprint density at radius 2 is 1.71 bits per heavy atom. The largest absolute Gasteiger partial charge is 0.416 e. The van der Waals surface area contributed by atoms with E-state index in [1.165, 1.54) is 12.1 Å². The van der Waals surface area contributed by atoms with Crippen molar-refractivity contribution in [3.8, 4) is 11.4 Å². The van der Waals surface area contributed by atoms with Gasteiger partial charge in [-0.1, -0.05) is 23.7 Å². The molecule has 1 N–H and O–H groups in total. The van der Waals surface area contributed by atoms with Crippen LogP contribution in [0.2, 0.25) is 5.15 Å². The molecule has 1 aromatic carbocycles. The van der Waals surface area contributed by atoms with E-state index in [2.05, 4.69) is 15.3 Å². The van der Waals surface area contributed by atoms with E-state index < -0.39 is 11.7 Å². The third-order valence-corrected chi connectivity index (χ3v) is 2.80. The molecular weight excluding hydrogens is 303 g/mol. The molecule has 2 aromatic rings. The molecular formula is C14H13ClF3N3. The maximum absolute atomic E-state index is 12.5. The zero-order chi connectivity index (χ0) is 15.6. The molecule has 0 unspecified atom stereocenters. The Balaban J connectivity index is 2.35. The van der Waals surface area contributed by atoms with Gasteiger partial charge in [0.15, 0.2) is 5.82 Å². The average molecular weight is 316 g/mol. The SMILES string of the molecule is CC(C)Nc1cc(Cl)nc(-c2ccc(C(F)(F)F)cc2)n1. The summed E-state index contributed by atoms with van der Waals surface area (Å²) in [6.07, 6.45) is -4.36. The van der Waals surface area contributed by atoms with Crippen LogP contribution in [0.15, 0.2) is 30.3 Å². The van der Waals surface area contributed by atoms with Crippen LogP contribution < -0.4 is 5.32 Å². The number of nitrogens with one attached hydrogen (secondary N) is 1. The lowest BCUT2D eigenvalue weighted by Gasteiger charge is -2.11. The average Bonchev–Trinajstić information content (AvgIpc) is 2.36. The Labute approximate surface area is 125 Å². The highest BCUT2D eigenvalue weighted by molar-refractivity contribution is 6.29. The number of hydrogen-bond donors (Lipinski definition) is 1. The Morgan fingerprint density at radius 1 is 1.10 bits per heavy atom. The van der Waals surface area contributed by atoms with Gasteiger partial charge in [0.05, 0.1) is 5.56 Å². The summed E-state index contributed by atoms with van der Waals surface area (Å²) >= 11 is 5.92. The number of aromatic nitrogens is 2. The summed E-state index contributed by atoms with van der Waals surface area (Å²) in [5.41, 5.74) is -0.244. The van der Waals surface area contributed by atoms with Crippen molar-refractivity contribution in [1.29, 1.82) is 0 Å². The Bertz CT molecular complexity index is 624. The van der Waals surface area contributed by atoms with Gasteiger partial charge in [-0.05, 0) is 26.0 Å². The van der Waals surface area contributed by atoms with Crippen LogP contribution in [0, 0.1) is 0 Å². The fourth-order valence-electron chi connectivity index (χ4n) is 1.72. The van der Waals surface area contributed by atoms with Crippen molar-refractivity contribution in [2.24, 2.45) is 0 Å². The molecule has 0 aliphatic rings. The number of nitrogens with zero attached hydrogens (tertiary/aromatic N) is 2. The fraction of sp³-hybridized carbons (Fsp3) is 0.286. The van der Waals surface area contributed by atoms with E-state index in [1.807, 2.05) is 13.8 Å². The molecule has 0 radical (unpaired) electrons. The van der Waals surface area contributed by atoms with Gasteiger partial charge in [-0.25, -0.2) is 9.97 Å². The summed E-state index contributed by atoms with van der Waals surface area (Å²) in [7, 11) is 0. The second-order valence-electron chi connectivity index (χ2n) is 4.77. The van der Waals surface area contributed by atoms with Crippen LogP contribution >= 0.6 is 11.6 Å². The van der Waals surface area contributed by atoms with Crippen LogP contribution in [0.4, 0.5) is 19.0 Å². The van der Waals surface area contributed by atoms with Crippen molar-refractivity contribution in [1.82, 2.24) is 9.97 Å². The predicted octanol–water partition coefficient (Wildman–Crippen LogP) is 4.64. The molecule has 0 saturated carbocycles. The van der Waals surface area contributed by atoms with E-state index in [9.17, 15) is 13.2 Å². The van der Waals surface area contributed by atoms with Crippen molar-refractivity contribution >= 4 is 17.4 Å². The first-order valence-electron chi connectivity index (χ1n) is 6.24. The molecule has 0 aliphatic carbocycles. The number of anilines is 1. The van der Waals surface area contributed by atoms with Crippen LogP contribution in [0.25, 0.3) is 11.4 Å². The van der Waals surface area contributed by atoms with E-state index in [-0.39, 0.29) is 17.0 Å². The minimum atomic E-state index is -4.36. The maximum atomic E-state index is 12.5. The van der Waals surface area contributed by atoms with Crippen molar-refractivity contribution in [3.63, 3.8) is 0 Å². The minimum Gasteiger partial charge on any atom is -0.368 e. The van der Waals surface area contributed by atoms with Gasteiger partial charge in [-0.2, -0.15) is 13.2 Å². The van der Waals surface area contributed by atoms with E-state index >= 15 is 0 Å². The molecule has 0 spiro atoms. The number of benzene rings is 1. The van der Waals surface area contributed by atoms with Crippen molar-refractivity contribution in [3.05, 3.63) is 41.0 Å². The van der Waals surface area contributed by atoms with Gasteiger partial charge in [0.1, 0.15) is 11.0 Å². The predicted molar refractivity (Wildman–Crippen MR) is 76.2 cm³/mol. The second kappa shape index (κ2) is 5.89. The molecule has 3 nitrogen and oxygen atoms in total. The lowest BCUT2D eigenvalue weighted by Crippen LogP contribution is -2.11. The molecule has 1 heterocycles. The van der Waals surface area contributed by atoms with Gasteiger partial charge in [0.2, 0.25) is 0 Å².